The average molecular weight is 650 g/mol. The molecule has 1 aliphatic rings. The van der Waals surface area contributed by atoms with E-state index in [0.29, 0.717) is 34.8 Å². The Balaban J connectivity index is 1.23. The van der Waals surface area contributed by atoms with Gasteiger partial charge in [-0.1, -0.05) is 6.42 Å². The third kappa shape index (κ3) is 8.02. The van der Waals surface area contributed by atoms with Crippen molar-refractivity contribution in [1.29, 1.82) is 0 Å². The van der Waals surface area contributed by atoms with E-state index in [0.717, 1.165) is 45.9 Å². The molecule has 1 aromatic heterocycles. The monoisotopic (exact) mass is 649 g/mol. The van der Waals surface area contributed by atoms with Gasteiger partial charge in [0.05, 0.1) is 5.56 Å². The van der Waals surface area contributed by atoms with Crippen molar-refractivity contribution in [3.8, 4) is 33.4 Å². The third-order valence-corrected chi connectivity index (χ3v) is 9.19. The topological polar surface area (TPSA) is 85.3 Å². The SMILES string of the molecule is CC(C)(C)Oc1ccc(C(=O)Oc2ccc3c(C(=O)c4ccc(OCCN5CCCCC5)cc4)c(-c4ccc(O)cc4)sc3c2)cc1. The summed E-state index contributed by atoms with van der Waals surface area (Å²) in [7, 11) is 0. The summed E-state index contributed by atoms with van der Waals surface area (Å²) in [6.07, 6.45) is 3.80. The predicted molar refractivity (Wildman–Crippen MR) is 186 cm³/mol. The molecule has 0 spiro atoms. The highest BCUT2D eigenvalue weighted by molar-refractivity contribution is 7.22. The number of esters is 1. The normalized spacial score (nSPS) is 13.8. The van der Waals surface area contributed by atoms with Crippen molar-refractivity contribution in [1.82, 2.24) is 4.90 Å². The van der Waals surface area contributed by atoms with Crippen LogP contribution >= 0.6 is 11.3 Å². The standard InChI is InChI=1S/C39H39NO6S/c1-39(2,3)46-31-17-11-28(12-18-31)38(43)45-32-19-20-33-34(25-32)47-37(27-7-13-29(41)14-8-27)35(33)36(42)26-9-15-30(16-10-26)44-24-23-40-21-5-4-6-22-40/h7-20,25,41H,4-6,21-24H2,1-3H3. The molecule has 4 aromatic carbocycles. The van der Waals surface area contributed by atoms with Crippen molar-refractivity contribution in [2.45, 2.75) is 45.6 Å². The summed E-state index contributed by atoms with van der Waals surface area (Å²) < 4.78 is 18.4. The minimum Gasteiger partial charge on any atom is -0.508 e. The molecule has 0 saturated carbocycles. The average Bonchev–Trinajstić information content (AvgIpc) is 3.44. The fourth-order valence-electron chi connectivity index (χ4n) is 5.68. The van der Waals surface area contributed by atoms with Gasteiger partial charge in [0.25, 0.3) is 0 Å². The molecule has 7 nitrogen and oxygen atoms in total. The van der Waals surface area contributed by atoms with Crippen LogP contribution in [-0.4, -0.2) is 53.6 Å². The molecule has 1 N–H and O–H groups in total. The van der Waals surface area contributed by atoms with Crippen LogP contribution in [0.1, 0.15) is 66.3 Å². The van der Waals surface area contributed by atoms with Crippen molar-refractivity contribution in [3.63, 3.8) is 0 Å². The number of ether oxygens (including phenoxy) is 3. The van der Waals surface area contributed by atoms with Crippen molar-refractivity contribution in [3.05, 3.63) is 108 Å². The van der Waals surface area contributed by atoms with Gasteiger partial charge in [-0.3, -0.25) is 9.69 Å². The number of fused-ring (bicyclic) bond motifs is 1. The van der Waals surface area contributed by atoms with E-state index in [4.69, 9.17) is 14.2 Å². The number of benzene rings is 4. The second kappa shape index (κ2) is 14.0. The summed E-state index contributed by atoms with van der Waals surface area (Å²) in [5.41, 5.74) is 1.96. The Morgan fingerprint density at radius 2 is 1.43 bits per heavy atom. The number of thiophene rings is 1. The lowest BCUT2D eigenvalue weighted by atomic mass is 9.97. The highest BCUT2D eigenvalue weighted by Crippen LogP contribution is 2.42. The molecular weight excluding hydrogens is 610 g/mol. The maximum Gasteiger partial charge on any atom is 0.343 e. The number of piperidine rings is 1. The van der Waals surface area contributed by atoms with E-state index in [9.17, 15) is 14.7 Å². The van der Waals surface area contributed by atoms with Crippen LogP contribution in [0.3, 0.4) is 0 Å². The number of phenolic OH excluding ortho intramolecular Hbond substituents is 1. The largest absolute Gasteiger partial charge is 0.508 e. The lowest BCUT2D eigenvalue weighted by molar-refractivity contribution is 0.0734. The number of ketones is 1. The van der Waals surface area contributed by atoms with Crippen LogP contribution in [0, 0.1) is 0 Å². The Morgan fingerprint density at radius 1 is 0.787 bits per heavy atom. The number of hydrogen-bond donors (Lipinski definition) is 1. The zero-order valence-corrected chi connectivity index (χ0v) is 27.8. The summed E-state index contributed by atoms with van der Waals surface area (Å²) >= 11 is 1.44. The van der Waals surface area contributed by atoms with E-state index >= 15 is 0 Å². The van der Waals surface area contributed by atoms with Gasteiger partial charge in [0, 0.05) is 32.6 Å². The molecule has 1 saturated heterocycles. The van der Waals surface area contributed by atoms with Crippen LogP contribution in [-0.2, 0) is 0 Å². The first-order valence-corrected chi connectivity index (χ1v) is 16.8. The van der Waals surface area contributed by atoms with Gasteiger partial charge in [0.15, 0.2) is 5.78 Å². The highest BCUT2D eigenvalue weighted by atomic mass is 32.1. The van der Waals surface area contributed by atoms with Gasteiger partial charge in [-0.15, -0.1) is 11.3 Å². The fourth-order valence-corrected chi connectivity index (χ4v) is 6.92. The Bertz CT molecular complexity index is 1850. The minimum atomic E-state index is -0.489. The first-order valence-electron chi connectivity index (χ1n) is 16.0. The molecule has 242 valence electrons. The number of carbonyl (C=O) groups excluding carboxylic acids is 2. The van der Waals surface area contributed by atoms with Gasteiger partial charge in [0.1, 0.15) is 35.2 Å². The predicted octanol–water partition coefficient (Wildman–Crippen LogP) is 8.77. The van der Waals surface area contributed by atoms with Gasteiger partial charge in [-0.25, -0.2) is 4.79 Å². The number of aromatic hydroxyl groups is 1. The molecule has 47 heavy (non-hydrogen) atoms. The van der Waals surface area contributed by atoms with Crippen molar-refractivity contribution >= 4 is 33.2 Å². The lowest BCUT2D eigenvalue weighted by Crippen LogP contribution is -2.33. The Labute approximate surface area is 279 Å². The van der Waals surface area contributed by atoms with E-state index < -0.39 is 5.97 Å². The van der Waals surface area contributed by atoms with Crippen LogP contribution in [0.4, 0.5) is 0 Å². The van der Waals surface area contributed by atoms with E-state index in [1.807, 2.05) is 39.0 Å². The van der Waals surface area contributed by atoms with E-state index in [-0.39, 0.29) is 17.1 Å². The summed E-state index contributed by atoms with van der Waals surface area (Å²) in [6, 6.07) is 26.3. The quantitative estimate of drug-likeness (QED) is 0.0920. The zero-order chi connectivity index (χ0) is 33.0. The van der Waals surface area contributed by atoms with Crippen LogP contribution in [0.25, 0.3) is 20.5 Å². The van der Waals surface area contributed by atoms with Gasteiger partial charge >= 0.3 is 5.97 Å². The summed E-state index contributed by atoms with van der Waals surface area (Å²) in [5, 5.41) is 10.7. The molecule has 1 aliphatic heterocycles. The number of rotatable bonds is 10. The Morgan fingerprint density at radius 3 is 2.11 bits per heavy atom. The molecule has 0 aliphatic carbocycles. The first-order chi connectivity index (χ1) is 22.6. The summed E-state index contributed by atoms with van der Waals surface area (Å²) in [5.74, 6) is 1.31. The Hall–Kier alpha value is -4.66. The maximum absolute atomic E-state index is 14.1. The number of nitrogens with zero attached hydrogens (tertiary/aromatic N) is 1. The molecule has 0 atom stereocenters. The van der Waals surface area contributed by atoms with Crippen molar-refractivity contribution in [2.75, 3.05) is 26.2 Å². The van der Waals surface area contributed by atoms with Crippen LogP contribution in [0.2, 0.25) is 0 Å². The number of phenols is 1. The molecular formula is C39H39NO6S. The molecule has 0 bridgehead atoms. The van der Waals surface area contributed by atoms with Crippen LogP contribution in [0.5, 0.6) is 23.0 Å². The number of carbonyl (C=O) groups is 2. The lowest BCUT2D eigenvalue weighted by Gasteiger charge is -2.26. The summed E-state index contributed by atoms with van der Waals surface area (Å²) in [4.78, 5) is 30.3. The Kier molecular flexibility index (Phi) is 9.61. The smallest absolute Gasteiger partial charge is 0.343 e. The molecule has 0 unspecified atom stereocenters. The molecule has 1 fully saturated rings. The van der Waals surface area contributed by atoms with Crippen molar-refractivity contribution in [2.24, 2.45) is 0 Å². The fraction of sp³-hybridized carbons (Fsp3) is 0.282. The second-order valence-corrected chi connectivity index (χ2v) is 13.8. The van der Waals surface area contributed by atoms with Crippen molar-refractivity contribution < 1.29 is 28.9 Å². The number of hydrogen-bond acceptors (Lipinski definition) is 8. The van der Waals surface area contributed by atoms with Gasteiger partial charge in [0.2, 0.25) is 0 Å². The van der Waals surface area contributed by atoms with E-state index in [2.05, 4.69) is 4.90 Å². The highest BCUT2D eigenvalue weighted by Gasteiger charge is 2.23. The molecule has 2 heterocycles. The van der Waals surface area contributed by atoms with E-state index in [1.165, 1.54) is 30.6 Å². The molecule has 6 rings (SSSR count). The molecule has 8 heteroatoms. The van der Waals surface area contributed by atoms with Gasteiger partial charge in [-0.05, 0) is 143 Å². The minimum absolute atomic E-state index is 0.124. The number of likely N-dealkylation sites (tertiary alicyclic amines) is 1. The maximum atomic E-state index is 14.1. The molecule has 0 radical (unpaired) electrons. The van der Waals surface area contributed by atoms with Crippen LogP contribution < -0.4 is 14.2 Å². The zero-order valence-electron chi connectivity index (χ0n) is 27.0. The van der Waals surface area contributed by atoms with Gasteiger partial charge < -0.3 is 19.3 Å². The van der Waals surface area contributed by atoms with Gasteiger partial charge in [-0.2, -0.15) is 0 Å². The molecule has 0 amide bonds. The molecule has 5 aromatic rings. The first kappa shape index (κ1) is 32.3. The second-order valence-electron chi connectivity index (χ2n) is 12.7. The summed E-state index contributed by atoms with van der Waals surface area (Å²) in [6.45, 7) is 9.65. The van der Waals surface area contributed by atoms with E-state index in [1.54, 1.807) is 72.8 Å². The third-order valence-electron chi connectivity index (χ3n) is 7.98. The van der Waals surface area contributed by atoms with Crippen LogP contribution in [0.15, 0.2) is 91.0 Å².